The van der Waals surface area contributed by atoms with Crippen LogP contribution in [0.2, 0.25) is 0 Å². The van der Waals surface area contributed by atoms with Crippen LogP contribution in [-0.4, -0.2) is 29.9 Å². The smallest absolute Gasteiger partial charge is 0.191 e. The van der Waals surface area contributed by atoms with Gasteiger partial charge in [-0.3, -0.25) is 4.57 Å². The van der Waals surface area contributed by atoms with Gasteiger partial charge >= 0.3 is 0 Å². The fraction of sp³-hybridized carbons (Fsp3) is 0.250. The molecule has 3 heterocycles. The van der Waals surface area contributed by atoms with Crippen LogP contribution in [0.1, 0.15) is 6.04 Å². The maximum atomic E-state index is 4.73. The second kappa shape index (κ2) is 4.06. The van der Waals surface area contributed by atoms with Crippen molar-refractivity contribution >= 4 is 45.3 Å². The molecule has 0 saturated heterocycles. The Morgan fingerprint density at radius 1 is 1.33 bits per heavy atom. The van der Waals surface area contributed by atoms with E-state index in [-0.39, 0.29) is 0 Å². The van der Waals surface area contributed by atoms with E-state index in [1.54, 1.807) is 11.8 Å². The molecule has 0 spiro atoms. The van der Waals surface area contributed by atoms with Crippen LogP contribution in [0.5, 0.6) is 0 Å². The SMILES string of the molecule is ICC1CSc2nnc3c4ccccc4nc-3n21. The fourth-order valence-corrected chi connectivity index (χ4v) is 4.55. The molecule has 0 radical (unpaired) electrons. The van der Waals surface area contributed by atoms with Crippen molar-refractivity contribution < 1.29 is 0 Å². The van der Waals surface area contributed by atoms with Crippen LogP contribution >= 0.6 is 34.4 Å². The van der Waals surface area contributed by atoms with Crippen molar-refractivity contribution in [3.8, 4) is 11.5 Å². The first-order valence-corrected chi connectivity index (χ1v) is 8.21. The Hall–Kier alpha value is -0.890. The number of alkyl halides is 1. The number of nitrogens with zero attached hydrogens (tertiary/aromatic N) is 4. The number of para-hydroxylation sites is 1. The number of aromatic nitrogens is 4. The van der Waals surface area contributed by atoms with Crippen molar-refractivity contribution in [3.63, 3.8) is 0 Å². The summed E-state index contributed by atoms with van der Waals surface area (Å²) in [6.07, 6.45) is 0. The first-order valence-electron chi connectivity index (χ1n) is 5.70. The first kappa shape index (κ1) is 11.0. The summed E-state index contributed by atoms with van der Waals surface area (Å²) >= 11 is 4.20. The van der Waals surface area contributed by atoms with Crippen molar-refractivity contribution in [1.29, 1.82) is 0 Å². The highest BCUT2D eigenvalue weighted by Gasteiger charge is 2.29. The molecule has 0 amide bonds. The average molecular weight is 368 g/mol. The lowest BCUT2D eigenvalue weighted by Gasteiger charge is -2.13. The molecule has 18 heavy (non-hydrogen) atoms. The third kappa shape index (κ3) is 1.41. The lowest BCUT2D eigenvalue weighted by atomic mass is 10.2. The number of hydrogen-bond donors (Lipinski definition) is 0. The van der Waals surface area contributed by atoms with Gasteiger partial charge in [0.2, 0.25) is 0 Å². The first-order chi connectivity index (χ1) is 8.88. The van der Waals surface area contributed by atoms with E-state index in [4.69, 9.17) is 4.98 Å². The summed E-state index contributed by atoms with van der Waals surface area (Å²) < 4.78 is 3.33. The number of fused-ring (bicyclic) bond motifs is 5. The van der Waals surface area contributed by atoms with Crippen LogP contribution in [-0.2, 0) is 0 Å². The predicted octanol–water partition coefficient (Wildman–Crippen LogP) is 3.01. The van der Waals surface area contributed by atoms with E-state index in [1.165, 1.54) is 0 Å². The Bertz CT molecular complexity index is 711. The molecule has 1 unspecified atom stereocenters. The van der Waals surface area contributed by atoms with Gasteiger partial charge in [-0.1, -0.05) is 52.6 Å². The summed E-state index contributed by atoms with van der Waals surface area (Å²) in [4.78, 5) is 4.73. The van der Waals surface area contributed by atoms with E-state index >= 15 is 0 Å². The van der Waals surface area contributed by atoms with Crippen molar-refractivity contribution in [2.75, 3.05) is 10.2 Å². The van der Waals surface area contributed by atoms with Gasteiger partial charge in [-0.2, -0.15) is 0 Å². The van der Waals surface area contributed by atoms with E-state index in [1.807, 2.05) is 18.2 Å². The number of benzene rings is 1. The fourth-order valence-electron chi connectivity index (χ4n) is 2.34. The third-order valence-electron chi connectivity index (χ3n) is 3.22. The number of thioether (sulfide) groups is 1. The monoisotopic (exact) mass is 368 g/mol. The van der Waals surface area contributed by atoms with Crippen LogP contribution < -0.4 is 0 Å². The van der Waals surface area contributed by atoms with E-state index in [0.29, 0.717) is 6.04 Å². The zero-order chi connectivity index (χ0) is 12.1. The molecule has 3 aliphatic heterocycles. The van der Waals surface area contributed by atoms with Crippen molar-refractivity contribution in [1.82, 2.24) is 19.7 Å². The van der Waals surface area contributed by atoms with Crippen LogP contribution in [0.25, 0.3) is 22.4 Å². The maximum Gasteiger partial charge on any atom is 0.191 e. The number of halogens is 1. The standard InChI is InChI=1S/C12H9IN4S/c13-5-7-6-18-12-16-15-10-8-3-1-2-4-9(8)14-11(10)17(7)12/h1-4,7H,5-6H2. The molecule has 6 heteroatoms. The summed E-state index contributed by atoms with van der Waals surface area (Å²) in [5.41, 5.74) is 1.93. The molecule has 4 nitrogen and oxygen atoms in total. The zero-order valence-electron chi connectivity index (χ0n) is 9.38. The van der Waals surface area contributed by atoms with Gasteiger partial charge in [-0.25, -0.2) is 4.98 Å². The molecule has 1 aromatic carbocycles. The van der Waals surface area contributed by atoms with Crippen molar-refractivity contribution in [2.45, 2.75) is 11.2 Å². The van der Waals surface area contributed by atoms with Crippen LogP contribution in [0.15, 0.2) is 29.4 Å². The Morgan fingerprint density at radius 2 is 2.22 bits per heavy atom. The summed E-state index contributed by atoms with van der Waals surface area (Å²) in [5, 5.41) is 10.8. The average Bonchev–Trinajstić information content (AvgIpc) is 2.98. The highest BCUT2D eigenvalue weighted by atomic mass is 127. The molecule has 0 saturated carbocycles. The zero-order valence-corrected chi connectivity index (χ0v) is 12.4. The lowest BCUT2D eigenvalue weighted by molar-refractivity contribution is 0.559. The van der Waals surface area contributed by atoms with E-state index in [2.05, 4.69) is 43.4 Å². The van der Waals surface area contributed by atoms with Gasteiger partial charge in [0.25, 0.3) is 0 Å². The molecule has 0 aliphatic carbocycles. The van der Waals surface area contributed by atoms with Gasteiger partial charge in [0.05, 0.1) is 11.6 Å². The van der Waals surface area contributed by atoms with Gasteiger partial charge in [-0.15, -0.1) is 10.2 Å². The van der Waals surface area contributed by atoms with E-state index < -0.39 is 0 Å². The van der Waals surface area contributed by atoms with Crippen LogP contribution in [0, 0.1) is 0 Å². The molecule has 90 valence electrons. The second-order valence-corrected chi connectivity index (χ2v) is 6.14. The van der Waals surface area contributed by atoms with Crippen molar-refractivity contribution in [3.05, 3.63) is 24.3 Å². The van der Waals surface area contributed by atoms with E-state index in [9.17, 15) is 0 Å². The third-order valence-corrected chi connectivity index (χ3v) is 5.32. The summed E-state index contributed by atoms with van der Waals surface area (Å²) in [5.74, 6) is 2.05. The van der Waals surface area contributed by atoms with Gasteiger partial charge < -0.3 is 0 Å². The largest absolute Gasteiger partial charge is 0.297 e. The molecule has 1 atom stereocenters. The minimum Gasteiger partial charge on any atom is -0.297 e. The predicted molar refractivity (Wildman–Crippen MR) is 80.6 cm³/mol. The Morgan fingerprint density at radius 3 is 3.11 bits per heavy atom. The molecule has 0 fully saturated rings. The Kier molecular flexibility index (Phi) is 2.47. The molecular formula is C12H9IN4S. The molecular weight excluding hydrogens is 359 g/mol. The van der Waals surface area contributed by atoms with Gasteiger partial charge in [0.1, 0.15) is 5.69 Å². The number of rotatable bonds is 1. The molecule has 3 aliphatic rings. The van der Waals surface area contributed by atoms with E-state index in [0.717, 1.165) is 37.8 Å². The molecule has 4 rings (SSSR count). The molecule has 0 bridgehead atoms. The highest BCUT2D eigenvalue weighted by molar-refractivity contribution is 14.1. The van der Waals surface area contributed by atoms with Gasteiger partial charge in [0.15, 0.2) is 11.0 Å². The van der Waals surface area contributed by atoms with Gasteiger partial charge in [-0.05, 0) is 6.07 Å². The normalized spacial score (nSPS) is 18.6. The van der Waals surface area contributed by atoms with Gasteiger partial charge in [0, 0.05) is 15.6 Å². The highest BCUT2D eigenvalue weighted by Crippen LogP contribution is 2.39. The van der Waals surface area contributed by atoms with Crippen LogP contribution in [0.4, 0.5) is 0 Å². The summed E-state index contributed by atoms with van der Waals surface area (Å²) in [6.45, 7) is 0. The Labute approximate surface area is 122 Å². The second-order valence-electron chi connectivity index (χ2n) is 4.27. The number of hydrogen-bond acceptors (Lipinski definition) is 4. The van der Waals surface area contributed by atoms with Crippen molar-refractivity contribution in [2.24, 2.45) is 0 Å². The quantitative estimate of drug-likeness (QED) is 0.489. The minimum absolute atomic E-state index is 0.480. The molecule has 0 N–H and O–H groups in total. The summed E-state index contributed by atoms with van der Waals surface area (Å²) in [6, 6.07) is 8.61. The topological polar surface area (TPSA) is 43.6 Å². The Balaban J connectivity index is 2.09. The minimum atomic E-state index is 0.480. The lowest BCUT2D eigenvalue weighted by Crippen LogP contribution is -2.13. The van der Waals surface area contributed by atoms with Crippen LogP contribution in [0.3, 0.4) is 0 Å². The summed E-state index contributed by atoms with van der Waals surface area (Å²) in [7, 11) is 0. The molecule has 1 aromatic rings. The maximum absolute atomic E-state index is 4.73. The molecule has 0 aromatic heterocycles.